The van der Waals surface area contributed by atoms with E-state index < -0.39 is 0 Å². The number of aryl methyl sites for hydroxylation is 3. The van der Waals surface area contributed by atoms with Crippen molar-refractivity contribution >= 4 is 23.4 Å². The number of hydrogen-bond acceptors (Lipinski definition) is 4. The van der Waals surface area contributed by atoms with Gasteiger partial charge in [0.25, 0.3) is 5.91 Å². The Balaban J connectivity index is 1.25. The van der Waals surface area contributed by atoms with E-state index in [1.807, 2.05) is 80.3 Å². The number of likely N-dealkylation sites (tertiary alicyclic amines) is 1. The topological polar surface area (TPSA) is 92.4 Å². The number of hydrogen-bond donors (Lipinski definition) is 2. The van der Waals surface area contributed by atoms with E-state index in [-0.39, 0.29) is 17.4 Å². The molecule has 2 aromatic heterocycles. The Bertz CT molecular complexity index is 1570. The summed E-state index contributed by atoms with van der Waals surface area (Å²) in [5, 5.41) is 10.9. The van der Waals surface area contributed by atoms with Gasteiger partial charge in [-0.1, -0.05) is 56.7 Å². The van der Waals surface area contributed by atoms with Crippen molar-refractivity contribution in [2.24, 2.45) is 5.92 Å². The van der Waals surface area contributed by atoms with E-state index in [4.69, 9.17) is 9.52 Å². The summed E-state index contributed by atoms with van der Waals surface area (Å²) in [4.78, 5) is 28.2. The predicted molar refractivity (Wildman–Crippen MR) is 167 cm³/mol. The molecule has 3 amide bonds. The van der Waals surface area contributed by atoms with Crippen LogP contribution in [0.25, 0.3) is 5.69 Å². The lowest BCUT2D eigenvalue weighted by molar-refractivity contribution is 0.0689. The van der Waals surface area contributed by atoms with Crippen LogP contribution >= 0.6 is 0 Å². The molecule has 2 aromatic carbocycles. The van der Waals surface area contributed by atoms with Gasteiger partial charge in [0.05, 0.1) is 16.9 Å². The highest BCUT2D eigenvalue weighted by atomic mass is 16.3. The minimum absolute atomic E-state index is 0.0426. The van der Waals surface area contributed by atoms with Gasteiger partial charge in [-0.3, -0.25) is 10.1 Å². The van der Waals surface area contributed by atoms with Gasteiger partial charge in [0.1, 0.15) is 17.3 Å². The smallest absolute Gasteiger partial charge is 0.324 e. The molecule has 4 aromatic rings. The van der Waals surface area contributed by atoms with Gasteiger partial charge in [0, 0.05) is 30.3 Å². The standard InChI is InChI=1S/C34H41N5O3/c1-22-11-13-27(14-12-22)39-31(21-30(37-39)34(4,5)6)36-33(41)35-29-10-8-7-9-26(29)20-25-15-17-38(18-16-25)32(40)28-19-23(2)42-24(28)3/h7-14,19,21,25H,15-18,20H2,1-6H3,(H2,35,36,41). The van der Waals surface area contributed by atoms with Crippen LogP contribution in [0.4, 0.5) is 16.3 Å². The molecule has 1 fully saturated rings. The molecule has 220 valence electrons. The summed E-state index contributed by atoms with van der Waals surface area (Å²) >= 11 is 0. The van der Waals surface area contributed by atoms with Gasteiger partial charge >= 0.3 is 6.03 Å². The van der Waals surface area contributed by atoms with Gasteiger partial charge in [0.15, 0.2) is 0 Å². The number of para-hydroxylation sites is 1. The largest absolute Gasteiger partial charge is 0.466 e. The average Bonchev–Trinajstić information content (AvgIpc) is 3.52. The van der Waals surface area contributed by atoms with E-state index >= 15 is 0 Å². The lowest BCUT2D eigenvalue weighted by Gasteiger charge is -2.32. The highest BCUT2D eigenvalue weighted by Gasteiger charge is 2.27. The average molecular weight is 568 g/mol. The minimum Gasteiger partial charge on any atom is -0.466 e. The van der Waals surface area contributed by atoms with Crippen LogP contribution in [-0.4, -0.2) is 39.7 Å². The number of piperidine rings is 1. The maximum Gasteiger partial charge on any atom is 0.324 e. The van der Waals surface area contributed by atoms with Crippen LogP contribution < -0.4 is 10.6 Å². The molecule has 0 saturated carbocycles. The lowest BCUT2D eigenvalue weighted by atomic mass is 9.89. The normalized spacial score (nSPS) is 14.2. The number of benzene rings is 2. The molecule has 0 unspecified atom stereocenters. The first kappa shape index (κ1) is 29.2. The Morgan fingerprint density at radius 1 is 0.952 bits per heavy atom. The first-order valence-corrected chi connectivity index (χ1v) is 14.7. The van der Waals surface area contributed by atoms with E-state index in [1.54, 1.807) is 4.68 Å². The molecule has 1 saturated heterocycles. The van der Waals surface area contributed by atoms with E-state index in [0.717, 1.165) is 53.2 Å². The Morgan fingerprint density at radius 2 is 1.64 bits per heavy atom. The highest BCUT2D eigenvalue weighted by molar-refractivity contribution is 6.00. The third kappa shape index (κ3) is 6.59. The van der Waals surface area contributed by atoms with Gasteiger partial charge in [-0.2, -0.15) is 5.10 Å². The Kier molecular flexibility index (Phi) is 8.25. The van der Waals surface area contributed by atoms with Crippen LogP contribution in [-0.2, 0) is 11.8 Å². The number of aromatic nitrogens is 2. The monoisotopic (exact) mass is 567 g/mol. The molecule has 42 heavy (non-hydrogen) atoms. The summed E-state index contributed by atoms with van der Waals surface area (Å²) < 4.78 is 7.35. The van der Waals surface area contributed by atoms with Gasteiger partial charge in [0.2, 0.25) is 0 Å². The van der Waals surface area contributed by atoms with Crippen LogP contribution in [0, 0.1) is 26.7 Å². The second kappa shape index (κ2) is 11.9. The molecule has 0 aliphatic carbocycles. The summed E-state index contributed by atoms with van der Waals surface area (Å²) in [6.07, 6.45) is 2.65. The molecule has 8 heteroatoms. The Morgan fingerprint density at radius 3 is 2.29 bits per heavy atom. The molecular weight excluding hydrogens is 526 g/mol. The Labute approximate surface area is 248 Å². The molecule has 0 bridgehead atoms. The molecule has 3 heterocycles. The van der Waals surface area contributed by atoms with E-state index in [1.165, 1.54) is 0 Å². The van der Waals surface area contributed by atoms with E-state index in [9.17, 15) is 9.59 Å². The zero-order valence-corrected chi connectivity index (χ0v) is 25.5. The molecule has 1 aliphatic rings. The van der Waals surface area contributed by atoms with Gasteiger partial charge in [-0.25, -0.2) is 9.48 Å². The maximum absolute atomic E-state index is 13.3. The number of urea groups is 1. The third-order valence-electron chi connectivity index (χ3n) is 7.95. The Hall–Kier alpha value is -4.33. The summed E-state index contributed by atoms with van der Waals surface area (Å²) in [6.45, 7) is 13.5. The fourth-order valence-electron chi connectivity index (χ4n) is 5.47. The van der Waals surface area contributed by atoms with E-state index in [0.29, 0.717) is 36.1 Å². The zero-order valence-electron chi connectivity index (χ0n) is 25.5. The first-order chi connectivity index (χ1) is 20.0. The predicted octanol–water partition coefficient (Wildman–Crippen LogP) is 7.43. The second-order valence-electron chi connectivity index (χ2n) is 12.4. The number of furan rings is 1. The third-order valence-corrected chi connectivity index (χ3v) is 7.95. The molecule has 8 nitrogen and oxygen atoms in total. The van der Waals surface area contributed by atoms with Crippen LogP contribution in [0.2, 0.25) is 0 Å². The van der Waals surface area contributed by atoms with Crippen molar-refractivity contribution in [1.82, 2.24) is 14.7 Å². The first-order valence-electron chi connectivity index (χ1n) is 14.7. The number of amides is 3. The zero-order chi connectivity index (χ0) is 30.0. The maximum atomic E-state index is 13.3. The van der Waals surface area contributed by atoms with Gasteiger partial charge < -0.3 is 14.6 Å². The summed E-state index contributed by atoms with van der Waals surface area (Å²) in [7, 11) is 0. The van der Waals surface area contributed by atoms with Crippen LogP contribution in [0.1, 0.15) is 72.3 Å². The van der Waals surface area contributed by atoms with Crippen molar-refractivity contribution in [3.05, 3.63) is 94.6 Å². The number of anilines is 2. The van der Waals surface area contributed by atoms with Crippen molar-refractivity contribution < 1.29 is 14.0 Å². The number of carbonyl (C=O) groups is 2. The van der Waals surface area contributed by atoms with Crippen LogP contribution in [0.15, 0.2) is 65.1 Å². The summed E-state index contributed by atoms with van der Waals surface area (Å²) in [6, 6.07) is 19.5. The van der Waals surface area contributed by atoms with Crippen molar-refractivity contribution in [3.63, 3.8) is 0 Å². The van der Waals surface area contributed by atoms with Crippen molar-refractivity contribution in [3.8, 4) is 5.69 Å². The fraction of sp³-hybridized carbons (Fsp3) is 0.382. The quantitative estimate of drug-likeness (QED) is 0.253. The summed E-state index contributed by atoms with van der Waals surface area (Å²) in [5.74, 6) is 2.51. The second-order valence-corrected chi connectivity index (χ2v) is 12.4. The number of carbonyl (C=O) groups excluding carboxylic acids is 2. The van der Waals surface area contributed by atoms with Crippen molar-refractivity contribution in [2.45, 2.75) is 66.2 Å². The molecule has 0 radical (unpaired) electrons. The highest BCUT2D eigenvalue weighted by Crippen LogP contribution is 2.29. The van der Waals surface area contributed by atoms with Gasteiger partial charge in [-0.15, -0.1) is 0 Å². The minimum atomic E-state index is -0.317. The number of nitrogens with one attached hydrogen (secondary N) is 2. The molecular formula is C34H41N5O3. The van der Waals surface area contributed by atoms with Crippen LogP contribution in [0.3, 0.4) is 0 Å². The van der Waals surface area contributed by atoms with E-state index in [2.05, 4.69) is 37.5 Å². The fourth-order valence-corrected chi connectivity index (χ4v) is 5.47. The van der Waals surface area contributed by atoms with Crippen molar-refractivity contribution in [2.75, 3.05) is 23.7 Å². The molecule has 1 aliphatic heterocycles. The van der Waals surface area contributed by atoms with Gasteiger partial charge in [-0.05, 0) is 75.8 Å². The number of rotatable bonds is 6. The molecule has 2 N–H and O–H groups in total. The number of nitrogens with zero attached hydrogens (tertiary/aromatic N) is 3. The SMILES string of the molecule is Cc1ccc(-n2nc(C(C)(C)C)cc2NC(=O)Nc2ccccc2CC2CCN(C(=O)c3cc(C)oc3C)CC2)cc1. The molecule has 0 atom stereocenters. The summed E-state index contributed by atoms with van der Waals surface area (Å²) in [5.41, 5.74) is 5.29. The molecule has 0 spiro atoms. The lowest BCUT2D eigenvalue weighted by Crippen LogP contribution is -2.39. The molecule has 5 rings (SSSR count). The van der Waals surface area contributed by atoms with Crippen LogP contribution in [0.5, 0.6) is 0 Å². The van der Waals surface area contributed by atoms with Crippen molar-refractivity contribution in [1.29, 1.82) is 0 Å².